The van der Waals surface area contributed by atoms with Gasteiger partial charge in [0.05, 0.1) is 0 Å². The van der Waals surface area contributed by atoms with Crippen LogP contribution in [-0.2, 0) is 6.42 Å². The monoisotopic (exact) mass is 977 g/mol. The summed E-state index contributed by atoms with van der Waals surface area (Å²) in [5.41, 5.74) is 27.2. The van der Waals surface area contributed by atoms with Gasteiger partial charge in [-0.15, -0.1) is 0 Å². The standard InChI is InChI=1S/C25H36.C17H16O.C17H18.C14H14/c1-7-8-9-10-11-12-13-25-20(4)16-24(17-21(25)5)23-14-18(2)22(6)19(3)15-23;1-13-3-7-15(8-4-13)9-12-17(18)16-10-5-14(2)6-11-16;1-13-4-8-16(9-5-13)12-15(3)17-10-6-14(2)7-11-17;1-11-3-7-13(8-4-11)14-9-5-12(2)6-10-14/h14-17H,7-13H2,1-6H3;3-12H,1-2H3;4-12H,1-3H3;3-10H,1-2H3. The van der Waals surface area contributed by atoms with Crippen molar-refractivity contribution in [2.45, 2.75) is 135 Å². The third-order valence-corrected chi connectivity index (χ3v) is 14.0. The molecule has 382 valence electrons. The van der Waals surface area contributed by atoms with E-state index in [1.54, 1.807) is 11.6 Å². The number of unbranched alkanes of at least 4 members (excludes halogenated alkanes) is 5. The van der Waals surface area contributed by atoms with Crippen molar-refractivity contribution >= 4 is 23.5 Å². The molecule has 0 atom stereocenters. The van der Waals surface area contributed by atoms with Gasteiger partial charge in [-0.1, -0.05) is 254 Å². The molecule has 8 aromatic carbocycles. The number of carbonyl (C=O) groups excluding carboxylic acids is 1. The lowest BCUT2D eigenvalue weighted by molar-refractivity contribution is 0.104. The highest BCUT2D eigenvalue weighted by Crippen LogP contribution is 2.30. The largest absolute Gasteiger partial charge is 0.289 e. The van der Waals surface area contributed by atoms with E-state index >= 15 is 0 Å². The predicted molar refractivity (Wildman–Crippen MR) is 326 cm³/mol. The maximum absolute atomic E-state index is 11.9. The lowest BCUT2D eigenvalue weighted by Crippen LogP contribution is -1.97. The Morgan fingerprint density at radius 1 is 0.378 bits per heavy atom. The number of rotatable bonds is 14. The van der Waals surface area contributed by atoms with E-state index in [1.165, 1.54) is 140 Å². The maximum Gasteiger partial charge on any atom is 0.185 e. The highest BCUT2D eigenvalue weighted by atomic mass is 16.1. The zero-order valence-electron chi connectivity index (χ0n) is 47.3. The molecule has 0 saturated heterocycles. The van der Waals surface area contributed by atoms with Crippen molar-refractivity contribution in [2.24, 2.45) is 0 Å². The third kappa shape index (κ3) is 19.1. The van der Waals surface area contributed by atoms with E-state index in [-0.39, 0.29) is 5.78 Å². The molecule has 0 aliphatic heterocycles. The van der Waals surface area contributed by atoms with E-state index in [9.17, 15) is 4.79 Å². The van der Waals surface area contributed by atoms with Crippen molar-refractivity contribution in [1.82, 2.24) is 0 Å². The molecule has 0 aliphatic rings. The second-order valence-corrected chi connectivity index (χ2v) is 20.7. The maximum atomic E-state index is 11.9. The van der Waals surface area contributed by atoms with Crippen LogP contribution in [0.4, 0.5) is 0 Å². The van der Waals surface area contributed by atoms with Crippen LogP contribution in [0.25, 0.3) is 40.0 Å². The zero-order valence-corrected chi connectivity index (χ0v) is 47.3. The molecule has 0 saturated carbocycles. The SMILES string of the molecule is CC(=Cc1ccc(C)cc1)c1ccc(C)cc1.CCCCCCCCc1c(C)cc(-c2cc(C)c(C)c(C)c2)cc1C.Cc1ccc(-c2ccc(C)cc2)cc1.Cc1ccc(C=CC(=O)c2ccc(C)cc2)cc1. The number of allylic oxidation sites excluding steroid dienone is 2. The number of benzene rings is 8. The van der Waals surface area contributed by atoms with E-state index in [1.807, 2.05) is 68.5 Å². The molecule has 8 aromatic rings. The summed E-state index contributed by atoms with van der Waals surface area (Å²) in [6.07, 6.45) is 15.1. The predicted octanol–water partition coefficient (Wildman–Crippen LogP) is 20.8. The number of hydrogen-bond donors (Lipinski definition) is 0. The quantitative estimate of drug-likeness (QED) is 0.0459. The van der Waals surface area contributed by atoms with Crippen LogP contribution in [0.3, 0.4) is 0 Å². The fourth-order valence-corrected chi connectivity index (χ4v) is 8.81. The van der Waals surface area contributed by atoms with Crippen molar-refractivity contribution in [3.63, 3.8) is 0 Å². The highest BCUT2D eigenvalue weighted by molar-refractivity contribution is 6.06. The highest BCUT2D eigenvalue weighted by Gasteiger charge is 2.09. The molecule has 1 nitrogen and oxygen atoms in total. The van der Waals surface area contributed by atoms with Gasteiger partial charge in [0.15, 0.2) is 5.78 Å². The summed E-state index contributed by atoms with van der Waals surface area (Å²) in [6.45, 7) is 28.2. The Kier molecular flexibility index (Phi) is 23.1. The molecule has 8 rings (SSSR count). The zero-order chi connectivity index (χ0) is 53.6. The second-order valence-electron chi connectivity index (χ2n) is 20.7. The summed E-state index contributed by atoms with van der Waals surface area (Å²) in [5.74, 6) is 0.0376. The molecular weight excluding hydrogens is 893 g/mol. The first-order valence-corrected chi connectivity index (χ1v) is 27.0. The number of aryl methyl sites for hydroxylation is 10. The molecule has 74 heavy (non-hydrogen) atoms. The van der Waals surface area contributed by atoms with Crippen LogP contribution in [-0.4, -0.2) is 5.78 Å². The molecule has 0 unspecified atom stereocenters. The van der Waals surface area contributed by atoms with E-state index in [4.69, 9.17) is 0 Å². The van der Waals surface area contributed by atoms with Crippen LogP contribution in [0.2, 0.25) is 0 Å². The lowest BCUT2D eigenvalue weighted by Gasteiger charge is -2.15. The molecule has 1 heteroatoms. The molecule has 0 spiro atoms. The molecule has 0 bridgehead atoms. The summed E-state index contributed by atoms with van der Waals surface area (Å²) in [6, 6.07) is 59.7. The lowest BCUT2D eigenvalue weighted by atomic mass is 9.90. The van der Waals surface area contributed by atoms with E-state index in [0.717, 1.165) is 16.7 Å². The van der Waals surface area contributed by atoms with Crippen LogP contribution in [0.1, 0.15) is 146 Å². The molecule has 0 N–H and O–H groups in total. The number of carbonyl (C=O) groups is 1. The smallest absolute Gasteiger partial charge is 0.185 e. The Morgan fingerprint density at radius 2 is 0.730 bits per heavy atom. The van der Waals surface area contributed by atoms with Crippen LogP contribution in [0.5, 0.6) is 0 Å². The minimum absolute atomic E-state index is 0.0376. The molecule has 0 aromatic heterocycles. The minimum Gasteiger partial charge on any atom is -0.289 e. The topological polar surface area (TPSA) is 17.1 Å². The van der Waals surface area contributed by atoms with Crippen molar-refractivity contribution in [3.05, 3.63) is 265 Å². The summed E-state index contributed by atoms with van der Waals surface area (Å²) in [5, 5.41) is 0. The second kappa shape index (κ2) is 29.6. The molecular formula is C73H84O. The van der Waals surface area contributed by atoms with Crippen LogP contribution >= 0.6 is 0 Å². The molecule has 0 fully saturated rings. The van der Waals surface area contributed by atoms with Gasteiger partial charge in [-0.05, 0) is 180 Å². The average molecular weight is 977 g/mol. The Balaban J connectivity index is 0.000000187. The van der Waals surface area contributed by atoms with E-state index in [2.05, 4.69) is 204 Å². The Bertz CT molecular complexity index is 2940. The number of hydrogen-bond acceptors (Lipinski definition) is 1. The van der Waals surface area contributed by atoms with Gasteiger partial charge < -0.3 is 0 Å². The van der Waals surface area contributed by atoms with Gasteiger partial charge in [0.2, 0.25) is 0 Å². The molecule has 0 amide bonds. The average Bonchev–Trinajstić information content (AvgIpc) is 3.39. The molecule has 0 heterocycles. The third-order valence-electron chi connectivity index (χ3n) is 14.0. The molecule has 0 radical (unpaired) electrons. The van der Waals surface area contributed by atoms with Crippen molar-refractivity contribution in [3.8, 4) is 22.3 Å². The van der Waals surface area contributed by atoms with Gasteiger partial charge in [-0.2, -0.15) is 0 Å². The fourth-order valence-electron chi connectivity index (χ4n) is 8.81. The summed E-state index contributed by atoms with van der Waals surface area (Å²) < 4.78 is 0. The summed E-state index contributed by atoms with van der Waals surface area (Å²) in [4.78, 5) is 11.9. The van der Waals surface area contributed by atoms with Gasteiger partial charge in [0.25, 0.3) is 0 Å². The van der Waals surface area contributed by atoms with Gasteiger partial charge in [-0.3, -0.25) is 4.79 Å². The first-order valence-electron chi connectivity index (χ1n) is 27.0. The Hall–Kier alpha value is -7.09. The number of ketones is 1. The van der Waals surface area contributed by atoms with Crippen LogP contribution in [0, 0.1) is 76.2 Å². The van der Waals surface area contributed by atoms with Gasteiger partial charge in [0, 0.05) is 5.56 Å². The van der Waals surface area contributed by atoms with Crippen molar-refractivity contribution in [1.29, 1.82) is 0 Å². The Labute approximate surface area is 448 Å². The summed E-state index contributed by atoms with van der Waals surface area (Å²) in [7, 11) is 0. The normalized spacial score (nSPS) is 11.0. The first kappa shape index (κ1) is 57.8. The van der Waals surface area contributed by atoms with Crippen molar-refractivity contribution < 1.29 is 4.79 Å². The minimum atomic E-state index is 0.0376. The van der Waals surface area contributed by atoms with E-state index < -0.39 is 0 Å². The van der Waals surface area contributed by atoms with Gasteiger partial charge >= 0.3 is 0 Å². The Morgan fingerprint density at radius 3 is 1.16 bits per heavy atom. The fraction of sp³-hybridized carbons (Fsp3) is 0.274. The van der Waals surface area contributed by atoms with Gasteiger partial charge in [0.1, 0.15) is 0 Å². The van der Waals surface area contributed by atoms with E-state index in [0.29, 0.717) is 0 Å². The van der Waals surface area contributed by atoms with Crippen LogP contribution in [0.15, 0.2) is 176 Å². The summed E-state index contributed by atoms with van der Waals surface area (Å²) >= 11 is 0. The van der Waals surface area contributed by atoms with Crippen LogP contribution < -0.4 is 0 Å². The first-order chi connectivity index (χ1) is 35.5. The van der Waals surface area contributed by atoms with Crippen molar-refractivity contribution in [2.75, 3.05) is 0 Å². The molecule has 0 aliphatic carbocycles. The van der Waals surface area contributed by atoms with Gasteiger partial charge in [-0.25, -0.2) is 0 Å².